The lowest BCUT2D eigenvalue weighted by molar-refractivity contribution is 0.245. The van der Waals surface area contributed by atoms with Crippen molar-refractivity contribution in [2.45, 2.75) is 17.9 Å². The van der Waals surface area contributed by atoms with E-state index in [9.17, 15) is 8.42 Å². The molecule has 0 radical (unpaired) electrons. The van der Waals surface area contributed by atoms with Crippen molar-refractivity contribution in [3.05, 3.63) is 42.5 Å². The first-order valence-corrected chi connectivity index (χ1v) is 7.14. The van der Waals surface area contributed by atoms with Crippen LogP contribution >= 0.6 is 0 Å². The number of aryl methyl sites for hydroxylation is 1. The Bertz CT molecular complexity index is 514. The number of hydrogen-bond acceptors (Lipinski definition) is 4. The van der Waals surface area contributed by atoms with Crippen LogP contribution in [0.1, 0.15) is 5.56 Å². The van der Waals surface area contributed by atoms with Crippen molar-refractivity contribution >= 4 is 10.1 Å². The Morgan fingerprint density at radius 3 is 2.61 bits per heavy atom. The summed E-state index contributed by atoms with van der Waals surface area (Å²) in [6, 6.07) is 6.57. The van der Waals surface area contributed by atoms with E-state index >= 15 is 0 Å². The van der Waals surface area contributed by atoms with E-state index in [1.54, 1.807) is 30.3 Å². The third-order valence-corrected chi connectivity index (χ3v) is 4.16. The van der Waals surface area contributed by atoms with Gasteiger partial charge in [0.15, 0.2) is 0 Å². The van der Waals surface area contributed by atoms with E-state index < -0.39 is 10.1 Å². The minimum absolute atomic E-state index is 0.0516. The van der Waals surface area contributed by atoms with Crippen LogP contribution in [0.15, 0.2) is 41.8 Å². The van der Waals surface area contributed by atoms with Crippen LogP contribution in [0.3, 0.4) is 0 Å². The molecule has 0 aliphatic carbocycles. The van der Waals surface area contributed by atoms with Gasteiger partial charge in [0.1, 0.15) is 0 Å². The second kappa shape index (κ2) is 5.22. The maximum absolute atomic E-state index is 11.9. The van der Waals surface area contributed by atoms with E-state index in [-0.39, 0.29) is 23.5 Å². The molecule has 0 saturated carbocycles. The third kappa shape index (κ3) is 3.19. The molecule has 5 heteroatoms. The highest BCUT2D eigenvalue weighted by Gasteiger charge is 2.32. The quantitative estimate of drug-likeness (QED) is 0.449. The van der Waals surface area contributed by atoms with E-state index in [0.29, 0.717) is 6.61 Å². The SMILES string of the molecule is C=C[C@H](COS(=O)(=O)c1ccc(C)cc1)[C@@H]1CO1. The molecule has 0 aromatic heterocycles. The van der Waals surface area contributed by atoms with Gasteiger partial charge in [0.25, 0.3) is 10.1 Å². The molecule has 0 N–H and O–H groups in total. The second-order valence-corrected chi connectivity index (χ2v) is 5.94. The minimum atomic E-state index is -3.69. The van der Waals surface area contributed by atoms with Crippen molar-refractivity contribution in [2.75, 3.05) is 13.2 Å². The van der Waals surface area contributed by atoms with Crippen LogP contribution in [0.4, 0.5) is 0 Å². The van der Waals surface area contributed by atoms with Gasteiger partial charge in [-0.15, -0.1) is 6.58 Å². The van der Waals surface area contributed by atoms with Crippen molar-refractivity contribution in [1.29, 1.82) is 0 Å². The molecule has 0 amide bonds. The van der Waals surface area contributed by atoms with Crippen molar-refractivity contribution in [3.63, 3.8) is 0 Å². The molecule has 4 nitrogen and oxygen atoms in total. The van der Waals surface area contributed by atoms with Gasteiger partial charge in [-0.25, -0.2) is 0 Å². The van der Waals surface area contributed by atoms with E-state index in [1.807, 2.05) is 6.92 Å². The Kier molecular flexibility index (Phi) is 3.85. The fourth-order valence-corrected chi connectivity index (χ4v) is 2.51. The first-order chi connectivity index (χ1) is 8.53. The van der Waals surface area contributed by atoms with Crippen LogP contribution in [-0.4, -0.2) is 27.7 Å². The fraction of sp³-hybridized carbons (Fsp3) is 0.385. The summed E-state index contributed by atoms with van der Waals surface area (Å²) in [4.78, 5) is 0.174. The van der Waals surface area contributed by atoms with E-state index in [1.165, 1.54) is 0 Å². The Hall–Kier alpha value is -1.17. The molecule has 1 aliphatic heterocycles. The summed E-state index contributed by atoms with van der Waals surface area (Å²) in [6.45, 7) is 6.27. The van der Waals surface area contributed by atoms with Crippen molar-refractivity contribution in [3.8, 4) is 0 Å². The molecule has 1 heterocycles. The predicted molar refractivity (Wildman–Crippen MR) is 67.7 cm³/mol. The Balaban J connectivity index is 2.02. The fourth-order valence-electron chi connectivity index (χ4n) is 1.57. The number of hydrogen-bond donors (Lipinski definition) is 0. The largest absolute Gasteiger partial charge is 0.372 e. The summed E-state index contributed by atoms with van der Waals surface area (Å²) in [5.41, 5.74) is 1.00. The van der Waals surface area contributed by atoms with Crippen molar-refractivity contribution < 1.29 is 17.3 Å². The van der Waals surface area contributed by atoms with E-state index in [2.05, 4.69) is 6.58 Å². The minimum Gasteiger partial charge on any atom is -0.372 e. The topological polar surface area (TPSA) is 55.9 Å². The maximum Gasteiger partial charge on any atom is 0.296 e. The summed E-state index contributed by atoms with van der Waals surface area (Å²) in [7, 11) is -3.69. The van der Waals surface area contributed by atoms with Crippen LogP contribution in [0.25, 0.3) is 0 Å². The molecular formula is C13H16O4S. The van der Waals surface area contributed by atoms with Gasteiger partial charge >= 0.3 is 0 Å². The van der Waals surface area contributed by atoms with Crippen molar-refractivity contribution in [2.24, 2.45) is 5.92 Å². The second-order valence-electron chi connectivity index (χ2n) is 4.32. The first-order valence-electron chi connectivity index (χ1n) is 5.73. The summed E-state index contributed by atoms with van der Waals surface area (Å²) in [6.07, 6.45) is 1.72. The zero-order valence-corrected chi connectivity index (χ0v) is 11.0. The van der Waals surface area contributed by atoms with Gasteiger partial charge in [0, 0.05) is 5.92 Å². The molecule has 1 aromatic carbocycles. The standard InChI is InChI=1S/C13H16O4S/c1-3-11(13-9-16-13)8-17-18(14,15)12-6-4-10(2)5-7-12/h3-7,11,13H,1,8-9H2,2H3/t11-,13+/m1/s1. The molecule has 1 fully saturated rings. The van der Waals surface area contributed by atoms with Crippen LogP contribution in [-0.2, 0) is 19.0 Å². The molecule has 2 atom stereocenters. The van der Waals surface area contributed by atoms with Crippen molar-refractivity contribution in [1.82, 2.24) is 0 Å². The highest BCUT2D eigenvalue weighted by atomic mass is 32.2. The number of ether oxygens (including phenoxy) is 1. The number of benzene rings is 1. The molecule has 1 saturated heterocycles. The smallest absolute Gasteiger partial charge is 0.296 e. The van der Waals surface area contributed by atoms with Gasteiger partial charge in [-0.3, -0.25) is 4.18 Å². The summed E-state index contributed by atoms with van der Waals surface area (Å²) in [5, 5.41) is 0. The maximum atomic E-state index is 11.9. The highest BCUT2D eigenvalue weighted by Crippen LogP contribution is 2.23. The average Bonchev–Trinajstić information content (AvgIpc) is 3.15. The average molecular weight is 268 g/mol. The van der Waals surface area contributed by atoms with Crippen LogP contribution < -0.4 is 0 Å². The zero-order chi connectivity index (χ0) is 13.2. The van der Waals surface area contributed by atoms with E-state index in [4.69, 9.17) is 8.92 Å². The zero-order valence-electron chi connectivity index (χ0n) is 10.2. The molecule has 2 rings (SSSR count). The molecule has 0 unspecified atom stereocenters. The van der Waals surface area contributed by atoms with Crippen LogP contribution in [0.5, 0.6) is 0 Å². The molecule has 1 aromatic rings. The molecule has 0 spiro atoms. The van der Waals surface area contributed by atoms with Gasteiger partial charge < -0.3 is 4.74 Å². The van der Waals surface area contributed by atoms with Gasteiger partial charge in [0.2, 0.25) is 0 Å². The normalized spacial score (nSPS) is 20.4. The van der Waals surface area contributed by atoms with Gasteiger partial charge in [0.05, 0.1) is 24.2 Å². The lowest BCUT2D eigenvalue weighted by Gasteiger charge is -2.10. The Morgan fingerprint density at radius 1 is 1.50 bits per heavy atom. The monoisotopic (exact) mass is 268 g/mol. The van der Waals surface area contributed by atoms with E-state index in [0.717, 1.165) is 5.56 Å². The van der Waals surface area contributed by atoms with Crippen LogP contribution in [0, 0.1) is 12.8 Å². The van der Waals surface area contributed by atoms with Crippen LogP contribution in [0.2, 0.25) is 0 Å². The Morgan fingerprint density at radius 2 is 2.11 bits per heavy atom. The lowest BCUT2D eigenvalue weighted by Crippen LogP contribution is -2.17. The molecule has 0 bridgehead atoms. The lowest BCUT2D eigenvalue weighted by atomic mass is 10.1. The molecule has 1 aliphatic rings. The highest BCUT2D eigenvalue weighted by molar-refractivity contribution is 7.86. The third-order valence-electron chi connectivity index (χ3n) is 2.86. The Labute approximate surface area is 107 Å². The van der Waals surface area contributed by atoms with Gasteiger partial charge in [-0.1, -0.05) is 23.8 Å². The summed E-state index contributed by atoms with van der Waals surface area (Å²) >= 11 is 0. The first kappa shape index (κ1) is 13.3. The number of rotatable bonds is 6. The van der Waals surface area contributed by atoms with Gasteiger partial charge in [-0.2, -0.15) is 8.42 Å². The summed E-state index contributed by atoms with van der Waals surface area (Å²) < 4.78 is 34.0. The predicted octanol–water partition coefficient (Wildman–Crippen LogP) is 1.90. The molecular weight excluding hydrogens is 252 g/mol. The molecule has 18 heavy (non-hydrogen) atoms. The summed E-state index contributed by atoms with van der Waals surface area (Å²) in [5.74, 6) is -0.0785. The molecule has 98 valence electrons. The number of epoxide rings is 1. The van der Waals surface area contributed by atoms with Gasteiger partial charge in [-0.05, 0) is 19.1 Å².